The molecule has 1 fully saturated rings. The van der Waals surface area contributed by atoms with Crippen LogP contribution in [0, 0.1) is 0 Å². The first kappa shape index (κ1) is 20.3. The van der Waals surface area contributed by atoms with Gasteiger partial charge in [0, 0.05) is 18.0 Å². The first-order valence-electron chi connectivity index (χ1n) is 8.99. The fourth-order valence-corrected chi connectivity index (χ4v) is 4.16. The number of carbonyl (C=O) groups is 1. The van der Waals surface area contributed by atoms with Gasteiger partial charge >= 0.3 is 0 Å². The Balaban J connectivity index is 1.59. The highest BCUT2D eigenvalue weighted by atomic mass is 32.2. The zero-order valence-corrected chi connectivity index (χ0v) is 16.7. The van der Waals surface area contributed by atoms with Crippen LogP contribution in [0.25, 0.3) is 0 Å². The molecule has 3 rings (SSSR count). The summed E-state index contributed by atoms with van der Waals surface area (Å²) in [5, 5.41) is 9.04. The van der Waals surface area contributed by atoms with Gasteiger partial charge in [-0.2, -0.15) is 0 Å². The van der Waals surface area contributed by atoms with Crippen LogP contribution in [0.1, 0.15) is 23.2 Å². The predicted octanol–water partition coefficient (Wildman–Crippen LogP) is 3.37. The van der Waals surface area contributed by atoms with E-state index in [0.717, 1.165) is 42.3 Å². The lowest BCUT2D eigenvalue weighted by Crippen LogP contribution is -2.34. The molecule has 8 heteroatoms. The van der Waals surface area contributed by atoms with Crippen LogP contribution in [-0.2, 0) is 0 Å². The molecular weight excluding hydrogens is 380 g/mol. The Labute approximate surface area is 168 Å². The molecule has 0 saturated carbocycles. The molecule has 28 heavy (non-hydrogen) atoms. The summed E-state index contributed by atoms with van der Waals surface area (Å²) in [5.74, 6) is 1.48. The molecule has 0 aliphatic carbocycles. The van der Waals surface area contributed by atoms with Crippen LogP contribution >= 0.6 is 11.9 Å². The van der Waals surface area contributed by atoms with E-state index in [9.17, 15) is 4.79 Å². The van der Waals surface area contributed by atoms with Crippen molar-refractivity contribution in [2.24, 2.45) is 0 Å². The summed E-state index contributed by atoms with van der Waals surface area (Å²) in [4.78, 5) is 12.8. The smallest absolute Gasteiger partial charge is 0.279 e. The SMILES string of the molecule is COc1ccc(OC2CCN(Sc3cccc(OC)c3C(=O)NO)CC2)cc1. The molecular formula is C20H24N2O5S. The fourth-order valence-electron chi connectivity index (χ4n) is 3.06. The van der Waals surface area contributed by atoms with Gasteiger partial charge < -0.3 is 14.2 Å². The number of carbonyl (C=O) groups excluding carboxylic acids is 1. The number of nitrogens with zero attached hydrogens (tertiary/aromatic N) is 1. The minimum Gasteiger partial charge on any atom is -0.497 e. The van der Waals surface area contributed by atoms with Crippen molar-refractivity contribution in [3.8, 4) is 17.2 Å². The Hall–Kier alpha value is -2.42. The normalized spacial score (nSPS) is 15.1. The monoisotopic (exact) mass is 404 g/mol. The number of piperidine rings is 1. The molecule has 1 saturated heterocycles. The maximum Gasteiger partial charge on any atom is 0.279 e. The topological polar surface area (TPSA) is 80.3 Å². The van der Waals surface area contributed by atoms with Crippen molar-refractivity contribution in [3.63, 3.8) is 0 Å². The number of rotatable bonds is 7. The summed E-state index contributed by atoms with van der Waals surface area (Å²) in [6.45, 7) is 1.64. The molecule has 0 spiro atoms. The molecule has 2 aromatic carbocycles. The van der Waals surface area contributed by atoms with Gasteiger partial charge in [0.05, 0.1) is 19.8 Å². The van der Waals surface area contributed by atoms with E-state index in [4.69, 9.17) is 19.4 Å². The minimum absolute atomic E-state index is 0.149. The highest BCUT2D eigenvalue weighted by Crippen LogP contribution is 2.34. The van der Waals surface area contributed by atoms with Crippen molar-refractivity contribution < 1.29 is 24.2 Å². The first-order chi connectivity index (χ1) is 13.6. The standard InChI is InChI=1S/C20H24N2O5S/c1-25-14-6-8-15(9-7-14)27-16-10-12-22(13-11-16)28-18-5-3-4-17(26-2)19(18)20(23)21-24/h3-9,16,24H,10-13H2,1-2H3,(H,21,23). The van der Waals surface area contributed by atoms with Crippen LogP contribution in [0.2, 0.25) is 0 Å². The van der Waals surface area contributed by atoms with E-state index in [0.29, 0.717) is 11.3 Å². The minimum atomic E-state index is -0.585. The molecule has 0 aromatic heterocycles. The van der Waals surface area contributed by atoms with E-state index in [2.05, 4.69) is 4.31 Å². The molecule has 1 amide bonds. The third-order valence-electron chi connectivity index (χ3n) is 4.53. The van der Waals surface area contributed by atoms with E-state index < -0.39 is 5.91 Å². The number of hydrogen-bond donors (Lipinski definition) is 2. The lowest BCUT2D eigenvalue weighted by Gasteiger charge is -2.31. The second-order valence-corrected chi connectivity index (χ2v) is 7.43. The van der Waals surface area contributed by atoms with E-state index in [-0.39, 0.29) is 6.10 Å². The van der Waals surface area contributed by atoms with Crippen LogP contribution in [-0.4, -0.2) is 48.8 Å². The predicted molar refractivity (Wildman–Crippen MR) is 106 cm³/mol. The summed E-state index contributed by atoms with van der Waals surface area (Å²) >= 11 is 1.49. The van der Waals surface area contributed by atoms with Crippen LogP contribution in [0.4, 0.5) is 0 Å². The van der Waals surface area contributed by atoms with Crippen molar-refractivity contribution >= 4 is 17.9 Å². The highest BCUT2D eigenvalue weighted by Gasteiger charge is 2.24. The summed E-state index contributed by atoms with van der Waals surface area (Å²) in [6, 6.07) is 13.0. The van der Waals surface area contributed by atoms with E-state index >= 15 is 0 Å². The molecule has 1 heterocycles. The van der Waals surface area contributed by atoms with Crippen molar-refractivity contribution in [3.05, 3.63) is 48.0 Å². The summed E-state index contributed by atoms with van der Waals surface area (Å²) in [5.41, 5.74) is 2.02. The molecule has 0 unspecified atom stereocenters. The van der Waals surface area contributed by atoms with Gasteiger partial charge in [-0.15, -0.1) is 0 Å². The first-order valence-corrected chi connectivity index (χ1v) is 9.77. The van der Waals surface area contributed by atoms with Gasteiger partial charge in [-0.1, -0.05) is 6.07 Å². The second kappa shape index (κ2) is 9.68. The van der Waals surface area contributed by atoms with Crippen LogP contribution in [0.5, 0.6) is 17.2 Å². The third-order valence-corrected chi connectivity index (χ3v) is 5.69. The van der Waals surface area contributed by atoms with E-state index in [1.165, 1.54) is 19.1 Å². The lowest BCUT2D eigenvalue weighted by molar-refractivity contribution is 0.0699. The Morgan fingerprint density at radius 2 is 1.75 bits per heavy atom. The molecule has 2 N–H and O–H groups in total. The number of ether oxygens (including phenoxy) is 3. The number of amides is 1. The summed E-state index contributed by atoms with van der Waals surface area (Å²) in [6.07, 6.45) is 1.91. The number of methoxy groups -OCH3 is 2. The lowest BCUT2D eigenvalue weighted by atomic mass is 10.1. The molecule has 0 atom stereocenters. The Bertz CT molecular complexity index is 792. The molecule has 0 bridgehead atoms. The Kier molecular flexibility index (Phi) is 7.02. The number of nitrogens with one attached hydrogen (secondary N) is 1. The van der Waals surface area contributed by atoms with Crippen LogP contribution in [0.15, 0.2) is 47.4 Å². The Morgan fingerprint density at radius 1 is 1.07 bits per heavy atom. The summed E-state index contributed by atoms with van der Waals surface area (Å²) in [7, 11) is 3.14. The van der Waals surface area contributed by atoms with Crippen molar-refractivity contribution in [2.45, 2.75) is 23.8 Å². The molecule has 0 radical (unpaired) electrons. The zero-order valence-electron chi connectivity index (χ0n) is 15.9. The fraction of sp³-hybridized carbons (Fsp3) is 0.350. The van der Waals surface area contributed by atoms with E-state index in [1.807, 2.05) is 36.4 Å². The average molecular weight is 404 g/mol. The largest absolute Gasteiger partial charge is 0.497 e. The van der Waals surface area contributed by atoms with Crippen molar-refractivity contribution in [1.82, 2.24) is 9.79 Å². The van der Waals surface area contributed by atoms with E-state index in [1.54, 1.807) is 18.7 Å². The quantitative estimate of drug-likeness (QED) is 0.416. The maximum atomic E-state index is 12.1. The van der Waals surface area contributed by atoms with Gasteiger partial charge in [0.15, 0.2) is 0 Å². The molecule has 7 nitrogen and oxygen atoms in total. The molecule has 2 aromatic rings. The third kappa shape index (κ3) is 4.89. The number of hydrogen-bond acceptors (Lipinski definition) is 7. The average Bonchev–Trinajstić information content (AvgIpc) is 2.75. The van der Waals surface area contributed by atoms with Gasteiger partial charge in [-0.25, -0.2) is 9.79 Å². The number of benzene rings is 2. The van der Waals surface area contributed by atoms with Crippen LogP contribution in [0.3, 0.4) is 0 Å². The van der Waals surface area contributed by atoms with Gasteiger partial charge in [0.1, 0.15) is 23.4 Å². The molecule has 1 aliphatic heterocycles. The second-order valence-electron chi connectivity index (χ2n) is 6.29. The molecule has 1 aliphatic rings. The van der Waals surface area contributed by atoms with Crippen molar-refractivity contribution in [1.29, 1.82) is 0 Å². The highest BCUT2D eigenvalue weighted by molar-refractivity contribution is 7.97. The maximum absolute atomic E-state index is 12.1. The van der Waals surface area contributed by atoms with Crippen molar-refractivity contribution in [2.75, 3.05) is 27.3 Å². The van der Waals surface area contributed by atoms with Gasteiger partial charge in [-0.05, 0) is 61.2 Å². The van der Waals surface area contributed by atoms with Gasteiger partial charge in [0.2, 0.25) is 0 Å². The molecule has 150 valence electrons. The van der Waals surface area contributed by atoms with Crippen LogP contribution < -0.4 is 19.7 Å². The zero-order chi connectivity index (χ0) is 19.9. The number of hydroxylamine groups is 1. The Morgan fingerprint density at radius 3 is 2.36 bits per heavy atom. The summed E-state index contributed by atoms with van der Waals surface area (Å²) < 4.78 is 18.7. The van der Waals surface area contributed by atoms with Gasteiger partial charge in [0.25, 0.3) is 5.91 Å². The van der Waals surface area contributed by atoms with Gasteiger partial charge in [-0.3, -0.25) is 10.0 Å².